The van der Waals surface area contributed by atoms with Gasteiger partial charge in [0.15, 0.2) is 0 Å². The summed E-state index contributed by atoms with van der Waals surface area (Å²) in [7, 11) is 0. The lowest BCUT2D eigenvalue weighted by Gasteiger charge is -2.31. The van der Waals surface area contributed by atoms with Crippen molar-refractivity contribution < 1.29 is 0 Å². The van der Waals surface area contributed by atoms with E-state index in [0.717, 1.165) is 18.4 Å². The van der Waals surface area contributed by atoms with Gasteiger partial charge >= 0.3 is 0 Å². The van der Waals surface area contributed by atoms with Crippen molar-refractivity contribution >= 4 is 0 Å². The highest BCUT2D eigenvalue weighted by atomic mass is 14.8. The molecule has 1 saturated carbocycles. The molecule has 1 aromatic rings. The van der Waals surface area contributed by atoms with Gasteiger partial charge in [0.1, 0.15) is 0 Å². The molecule has 1 unspecified atom stereocenters. The molecule has 19 heavy (non-hydrogen) atoms. The topological polar surface area (TPSA) is 12.0 Å². The monoisotopic (exact) mass is 259 g/mol. The van der Waals surface area contributed by atoms with E-state index in [-0.39, 0.29) is 0 Å². The second kappa shape index (κ2) is 7.69. The van der Waals surface area contributed by atoms with Gasteiger partial charge in [-0.3, -0.25) is 0 Å². The first-order valence-corrected chi connectivity index (χ1v) is 8.06. The first-order chi connectivity index (χ1) is 9.31. The molecule has 1 atom stereocenters. The molecule has 0 aromatic heterocycles. The molecular formula is C18H29N. The third-order valence-electron chi connectivity index (χ3n) is 4.72. The molecule has 0 bridgehead atoms. The molecule has 1 aliphatic carbocycles. The number of benzene rings is 1. The molecule has 2 rings (SSSR count). The molecule has 106 valence electrons. The minimum absolute atomic E-state index is 0.821. The van der Waals surface area contributed by atoms with Gasteiger partial charge in [-0.25, -0.2) is 0 Å². The largest absolute Gasteiger partial charge is 0.317 e. The fourth-order valence-electron chi connectivity index (χ4n) is 3.46. The summed E-state index contributed by atoms with van der Waals surface area (Å²) in [5, 5.41) is 3.59. The molecule has 1 aliphatic rings. The van der Waals surface area contributed by atoms with Crippen LogP contribution in [0, 0.1) is 18.8 Å². The summed E-state index contributed by atoms with van der Waals surface area (Å²) in [5.74, 6) is 1.76. The van der Waals surface area contributed by atoms with Gasteiger partial charge in [0.2, 0.25) is 0 Å². The maximum atomic E-state index is 3.59. The van der Waals surface area contributed by atoms with Gasteiger partial charge in [-0.1, -0.05) is 63.3 Å². The Morgan fingerprint density at radius 1 is 1.16 bits per heavy atom. The van der Waals surface area contributed by atoms with Crippen molar-refractivity contribution in [2.75, 3.05) is 13.1 Å². The van der Waals surface area contributed by atoms with Crippen LogP contribution < -0.4 is 5.32 Å². The zero-order valence-corrected chi connectivity index (χ0v) is 12.6. The second-order valence-electron chi connectivity index (χ2n) is 6.10. The van der Waals surface area contributed by atoms with Crippen LogP contribution in [0.15, 0.2) is 24.3 Å². The van der Waals surface area contributed by atoms with Gasteiger partial charge in [0.25, 0.3) is 0 Å². The number of aryl methyl sites for hydroxylation is 1. The number of rotatable bonds is 6. The molecule has 1 fully saturated rings. The van der Waals surface area contributed by atoms with Crippen LogP contribution in [-0.4, -0.2) is 13.1 Å². The Hall–Kier alpha value is -0.820. The predicted molar refractivity (Wildman–Crippen MR) is 83.5 cm³/mol. The lowest BCUT2D eigenvalue weighted by Crippen LogP contribution is -2.31. The van der Waals surface area contributed by atoms with Crippen LogP contribution in [-0.2, 0) is 6.42 Å². The van der Waals surface area contributed by atoms with E-state index < -0.39 is 0 Å². The van der Waals surface area contributed by atoms with Crippen molar-refractivity contribution in [3.8, 4) is 0 Å². The lowest BCUT2D eigenvalue weighted by molar-refractivity contribution is 0.240. The Labute approximate surface area is 118 Å². The third kappa shape index (κ3) is 4.35. The molecule has 1 N–H and O–H groups in total. The average Bonchev–Trinajstić information content (AvgIpc) is 2.46. The number of nitrogens with one attached hydrogen (secondary N) is 1. The highest BCUT2D eigenvalue weighted by molar-refractivity contribution is 5.26. The van der Waals surface area contributed by atoms with Crippen molar-refractivity contribution in [1.82, 2.24) is 5.32 Å². The Kier molecular flexibility index (Phi) is 5.91. The van der Waals surface area contributed by atoms with Crippen LogP contribution in [0.5, 0.6) is 0 Å². The zero-order chi connectivity index (χ0) is 13.5. The van der Waals surface area contributed by atoms with Crippen molar-refractivity contribution in [1.29, 1.82) is 0 Å². The molecule has 0 radical (unpaired) electrons. The Balaban J connectivity index is 2.02. The average molecular weight is 259 g/mol. The molecule has 0 heterocycles. The Bertz CT molecular complexity index is 366. The molecule has 1 heteroatoms. The van der Waals surface area contributed by atoms with E-state index >= 15 is 0 Å². The molecule has 1 nitrogen and oxygen atoms in total. The third-order valence-corrected chi connectivity index (χ3v) is 4.72. The van der Waals surface area contributed by atoms with E-state index in [2.05, 4.69) is 43.4 Å². The van der Waals surface area contributed by atoms with E-state index in [9.17, 15) is 0 Å². The predicted octanol–water partition coefficient (Wildman–Crippen LogP) is 4.34. The SMILES string of the molecule is CCNCC(Cc1ccccc1C)C1CCCCC1. The first kappa shape index (κ1) is 14.6. The van der Waals surface area contributed by atoms with Crippen LogP contribution in [0.2, 0.25) is 0 Å². The lowest BCUT2D eigenvalue weighted by atomic mass is 9.77. The van der Waals surface area contributed by atoms with Gasteiger partial charge in [0, 0.05) is 0 Å². The maximum Gasteiger partial charge on any atom is -0.00148 e. The van der Waals surface area contributed by atoms with Gasteiger partial charge < -0.3 is 5.32 Å². The molecule has 0 aliphatic heterocycles. The smallest absolute Gasteiger partial charge is 0.00148 e. The van der Waals surface area contributed by atoms with Gasteiger partial charge in [0.05, 0.1) is 0 Å². The quantitative estimate of drug-likeness (QED) is 0.801. The van der Waals surface area contributed by atoms with Crippen molar-refractivity contribution in [3.63, 3.8) is 0 Å². The summed E-state index contributed by atoms with van der Waals surface area (Å²) < 4.78 is 0. The summed E-state index contributed by atoms with van der Waals surface area (Å²) in [4.78, 5) is 0. The van der Waals surface area contributed by atoms with Crippen LogP contribution in [0.25, 0.3) is 0 Å². The fourth-order valence-corrected chi connectivity index (χ4v) is 3.46. The van der Waals surface area contributed by atoms with Gasteiger partial charge in [-0.15, -0.1) is 0 Å². The molecule has 1 aromatic carbocycles. The van der Waals surface area contributed by atoms with Crippen LogP contribution in [0.1, 0.15) is 50.2 Å². The molecule has 0 saturated heterocycles. The summed E-state index contributed by atoms with van der Waals surface area (Å²) >= 11 is 0. The zero-order valence-electron chi connectivity index (χ0n) is 12.6. The van der Waals surface area contributed by atoms with E-state index in [1.54, 1.807) is 5.56 Å². The second-order valence-corrected chi connectivity index (χ2v) is 6.10. The minimum Gasteiger partial charge on any atom is -0.317 e. The van der Waals surface area contributed by atoms with E-state index in [4.69, 9.17) is 0 Å². The van der Waals surface area contributed by atoms with Crippen LogP contribution in [0.3, 0.4) is 0 Å². The summed E-state index contributed by atoms with van der Waals surface area (Å²) in [5.41, 5.74) is 3.01. The highest BCUT2D eigenvalue weighted by Gasteiger charge is 2.23. The first-order valence-electron chi connectivity index (χ1n) is 8.06. The van der Waals surface area contributed by atoms with E-state index in [1.807, 2.05) is 0 Å². The van der Waals surface area contributed by atoms with Gasteiger partial charge in [-0.05, 0) is 49.4 Å². The van der Waals surface area contributed by atoms with E-state index in [0.29, 0.717) is 0 Å². The van der Waals surface area contributed by atoms with Crippen molar-refractivity contribution in [3.05, 3.63) is 35.4 Å². The molecular weight excluding hydrogens is 230 g/mol. The fraction of sp³-hybridized carbons (Fsp3) is 0.667. The number of hydrogen-bond donors (Lipinski definition) is 1. The van der Waals surface area contributed by atoms with Crippen molar-refractivity contribution in [2.45, 2.75) is 52.4 Å². The normalized spacial score (nSPS) is 18.4. The maximum absolute atomic E-state index is 3.59. The van der Waals surface area contributed by atoms with Crippen LogP contribution >= 0.6 is 0 Å². The van der Waals surface area contributed by atoms with E-state index in [1.165, 1.54) is 50.6 Å². The summed E-state index contributed by atoms with van der Waals surface area (Å²) in [6, 6.07) is 8.91. The Morgan fingerprint density at radius 3 is 2.58 bits per heavy atom. The minimum atomic E-state index is 0.821. The summed E-state index contributed by atoms with van der Waals surface area (Å²) in [6.07, 6.45) is 8.49. The Morgan fingerprint density at radius 2 is 1.89 bits per heavy atom. The molecule has 0 spiro atoms. The standard InChI is InChI=1S/C18H29N/c1-3-19-14-18(16-10-5-4-6-11-16)13-17-12-8-7-9-15(17)2/h7-9,12,16,18-19H,3-6,10-11,13-14H2,1-2H3. The molecule has 0 amide bonds. The van der Waals surface area contributed by atoms with Crippen LogP contribution in [0.4, 0.5) is 0 Å². The number of hydrogen-bond acceptors (Lipinski definition) is 1. The van der Waals surface area contributed by atoms with Gasteiger partial charge in [-0.2, -0.15) is 0 Å². The van der Waals surface area contributed by atoms with Crippen molar-refractivity contribution in [2.24, 2.45) is 11.8 Å². The highest BCUT2D eigenvalue weighted by Crippen LogP contribution is 2.32. The summed E-state index contributed by atoms with van der Waals surface area (Å²) in [6.45, 7) is 6.75.